The highest BCUT2D eigenvalue weighted by atomic mass is 16.5. The first-order valence-corrected chi connectivity index (χ1v) is 10.9. The molecule has 0 heterocycles. The number of carbonyl (C=O) groups is 1. The van der Waals surface area contributed by atoms with E-state index in [9.17, 15) is 4.79 Å². The molecule has 166 valence electrons. The molecule has 4 heteroatoms. The molecule has 4 nitrogen and oxygen atoms in total. The third-order valence-electron chi connectivity index (χ3n) is 5.59. The van der Waals surface area contributed by atoms with Gasteiger partial charge in [0.2, 0.25) is 0 Å². The first kappa shape index (κ1) is 22.2. The van der Waals surface area contributed by atoms with E-state index in [1.165, 1.54) is 0 Å². The van der Waals surface area contributed by atoms with Crippen LogP contribution in [0.15, 0.2) is 103 Å². The number of nitrogens with zero attached hydrogens (tertiary/aromatic N) is 1. The summed E-state index contributed by atoms with van der Waals surface area (Å²) in [6.07, 6.45) is 0. The van der Waals surface area contributed by atoms with Crippen molar-refractivity contribution in [1.82, 2.24) is 4.90 Å². The largest absolute Gasteiger partial charge is 0.497 e. The van der Waals surface area contributed by atoms with E-state index >= 15 is 0 Å². The molecule has 0 fully saturated rings. The van der Waals surface area contributed by atoms with E-state index < -0.39 is 0 Å². The Balaban J connectivity index is 1.58. The number of ether oxygens (including phenoxy) is 2. The Morgan fingerprint density at radius 1 is 0.606 bits per heavy atom. The van der Waals surface area contributed by atoms with Gasteiger partial charge < -0.3 is 14.4 Å². The van der Waals surface area contributed by atoms with Gasteiger partial charge in [-0.3, -0.25) is 4.79 Å². The Labute approximate surface area is 195 Å². The van der Waals surface area contributed by atoms with Crippen LogP contribution in [0.3, 0.4) is 0 Å². The summed E-state index contributed by atoms with van der Waals surface area (Å²) in [5.74, 6) is 1.58. The predicted octanol–water partition coefficient (Wildman–Crippen LogP) is 6.21. The molecule has 0 saturated heterocycles. The van der Waals surface area contributed by atoms with Gasteiger partial charge in [0.05, 0.1) is 14.2 Å². The van der Waals surface area contributed by atoms with Gasteiger partial charge in [-0.1, -0.05) is 66.7 Å². The Bertz CT molecular complexity index is 1120. The molecule has 0 saturated carbocycles. The van der Waals surface area contributed by atoms with Crippen molar-refractivity contribution in [3.63, 3.8) is 0 Å². The van der Waals surface area contributed by atoms with Crippen molar-refractivity contribution in [2.45, 2.75) is 13.1 Å². The van der Waals surface area contributed by atoms with Crippen LogP contribution < -0.4 is 9.47 Å². The molecule has 1 amide bonds. The predicted molar refractivity (Wildman–Crippen MR) is 131 cm³/mol. The van der Waals surface area contributed by atoms with E-state index in [4.69, 9.17) is 9.47 Å². The molecule has 33 heavy (non-hydrogen) atoms. The average molecular weight is 438 g/mol. The molecule has 0 aliphatic carbocycles. The van der Waals surface area contributed by atoms with Gasteiger partial charge in [-0.15, -0.1) is 0 Å². The molecule has 4 aromatic rings. The van der Waals surface area contributed by atoms with Gasteiger partial charge in [0, 0.05) is 18.7 Å². The minimum absolute atomic E-state index is 0.0127. The van der Waals surface area contributed by atoms with Crippen LogP contribution >= 0.6 is 0 Å². The lowest BCUT2D eigenvalue weighted by Crippen LogP contribution is -2.30. The number of hydrogen-bond donors (Lipinski definition) is 0. The van der Waals surface area contributed by atoms with E-state index in [0.717, 1.165) is 33.8 Å². The summed E-state index contributed by atoms with van der Waals surface area (Å²) in [6, 6.07) is 33.6. The number of rotatable bonds is 8. The average Bonchev–Trinajstić information content (AvgIpc) is 2.89. The van der Waals surface area contributed by atoms with Crippen LogP contribution in [0.1, 0.15) is 21.5 Å². The van der Waals surface area contributed by atoms with Crippen molar-refractivity contribution in [2.24, 2.45) is 0 Å². The summed E-state index contributed by atoms with van der Waals surface area (Å²) < 4.78 is 10.5. The minimum Gasteiger partial charge on any atom is -0.497 e. The molecule has 0 bridgehead atoms. The molecule has 0 atom stereocenters. The topological polar surface area (TPSA) is 38.8 Å². The van der Waals surface area contributed by atoms with Crippen molar-refractivity contribution >= 4 is 5.91 Å². The lowest BCUT2D eigenvalue weighted by atomic mass is 10.0. The molecule has 0 aliphatic heterocycles. The smallest absolute Gasteiger partial charge is 0.254 e. The molecule has 4 rings (SSSR count). The molecule has 0 aliphatic rings. The second kappa shape index (κ2) is 10.5. The number of hydrogen-bond acceptors (Lipinski definition) is 3. The van der Waals surface area contributed by atoms with Crippen LogP contribution in [0.4, 0.5) is 0 Å². The maximum absolute atomic E-state index is 13.5. The maximum Gasteiger partial charge on any atom is 0.254 e. The van der Waals surface area contributed by atoms with Crippen molar-refractivity contribution in [3.8, 4) is 22.6 Å². The summed E-state index contributed by atoms with van der Waals surface area (Å²) in [7, 11) is 3.29. The minimum atomic E-state index is -0.0127. The fourth-order valence-corrected chi connectivity index (χ4v) is 3.72. The Kier molecular flexibility index (Phi) is 7.06. The van der Waals surface area contributed by atoms with E-state index in [0.29, 0.717) is 18.7 Å². The van der Waals surface area contributed by atoms with Crippen molar-refractivity contribution in [1.29, 1.82) is 0 Å². The van der Waals surface area contributed by atoms with Gasteiger partial charge >= 0.3 is 0 Å². The maximum atomic E-state index is 13.5. The van der Waals surface area contributed by atoms with Crippen molar-refractivity contribution in [3.05, 3.63) is 120 Å². The quantitative estimate of drug-likeness (QED) is 0.329. The summed E-state index contributed by atoms with van der Waals surface area (Å²) in [5, 5.41) is 0. The molecule has 0 aromatic heterocycles. The van der Waals surface area contributed by atoms with E-state index in [1.807, 2.05) is 95.9 Å². The molecule has 0 spiro atoms. The van der Waals surface area contributed by atoms with Gasteiger partial charge in [-0.25, -0.2) is 0 Å². The third kappa shape index (κ3) is 5.60. The van der Waals surface area contributed by atoms with Gasteiger partial charge in [-0.05, 0) is 58.7 Å². The highest BCUT2D eigenvalue weighted by Crippen LogP contribution is 2.22. The SMILES string of the molecule is COc1ccc(CN(Cc2ccc(OC)cc2)C(=O)c2ccc(-c3ccccc3)cc2)cc1. The van der Waals surface area contributed by atoms with Gasteiger partial charge in [-0.2, -0.15) is 0 Å². The second-order valence-corrected chi connectivity index (χ2v) is 7.80. The molecule has 4 aromatic carbocycles. The van der Waals surface area contributed by atoms with Crippen LogP contribution in [0, 0.1) is 0 Å². The first-order valence-electron chi connectivity index (χ1n) is 10.9. The monoisotopic (exact) mass is 437 g/mol. The van der Waals surface area contributed by atoms with Crippen molar-refractivity contribution in [2.75, 3.05) is 14.2 Å². The Hall–Kier alpha value is -4.05. The highest BCUT2D eigenvalue weighted by molar-refractivity contribution is 5.94. The lowest BCUT2D eigenvalue weighted by molar-refractivity contribution is 0.0730. The Morgan fingerprint density at radius 2 is 1.06 bits per heavy atom. The van der Waals surface area contributed by atoms with Crippen molar-refractivity contribution < 1.29 is 14.3 Å². The fraction of sp³-hybridized carbons (Fsp3) is 0.138. The molecule has 0 N–H and O–H groups in total. The standard InChI is InChI=1S/C29H27NO3/c1-32-27-16-8-22(9-17-27)20-30(21-23-10-18-28(33-2)19-11-23)29(31)26-14-12-25(13-15-26)24-6-4-3-5-7-24/h3-19H,20-21H2,1-2H3. The second-order valence-electron chi connectivity index (χ2n) is 7.80. The van der Waals surface area contributed by atoms with Gasteiger partial charge in [0.1, 0.15) is 11.5 Å². The molecular weight excluding hydrogens is 410 g/mol. The zero-order valence-corrected chi connectivity index (χ0v) is 18.9. The summed E-state index contributed by atoms with van der Waals surface area (Å²) >= 11 is 0. The number of amides is 1. The highest BCUT2D eigenvalue weighted by Gasteiger charge is 2.17. The van der Waals surface area contributed by atoms with E-state index in [-0.39, 0.29) is 5.91 Å². The molecular formula is C29H27NO3. The summed E-state index contributed by atoms with van der Waals surface area (Å²) in [4.78, 5) is 15.4. The Morgan fingerprint density at radius 3 is 1.52 bits per heavy atom. The third-order valence-corrected chi connectivity index (χ3v) is 5.59. The van der Waals surface area contributed by atoms with Crippen LogP contribution in [0.25, 0.3) is 11.1 Å². The number of methoxy groups -OCH3 is 2. The zero-order valence-electron chi connectivity index (χ0n) is 18.9. The van der Waals surface area contributed by atoms with Gasteiger partial charge in [0.25, 0.3) is 5.91 Å². The normalized spacial score (nSPS) is 10.5. The van der Waals surface area contributed by atoms with Gasteiger partial charge in [0.15, 0.2) is 0 Å². The summed E-state index contributed by atoms with van der Waals surface area (Å²) in [5.41, 5.74) is 4.96. The van der Waals surface area contributed by atoms with Crippen LogP contribution in [0.2, 0.25) is 0 Å². The zero-order chi connectivity index (χ0) is 23.0. The molecule has 0 unspecified atom stereocenters. The van der Waals surface area contributed by atoms with E-state index in [1.54, 1.807) is 14.2 Å². The number of carbonyl (C=O) groups excluding carboxylic acids is 1. The number of benzene rings is 4. The van der Waals surface area contributed by atoms with Crippen LogP contribution in [-0.4, -0.2) is 25.0 Å². The molecule has 0 radical (unpaired) electrons. The summed E-state index contributed by atoms with van der Waals surface area (Å²) in [6.45, 7) is 0.991. The van der Waals surface area contributed by atoms with E-state index in [2.05, 4.69) is 12.1 Å². The first-order chi connectivity index (χ1) is 16.2. The fourth-order valence-electron chi connectivity index (χ4n) is 3.72. The lowest BCUT2D eigenvalue weighted by Gasteiger charge is -2.24. The van der Waals surface area contributed by atoms with Crippen LogP contribution in [0.5, 0.6) is 11.5 Å². The van der Waals surface area contributed by atoms with Crippen LogP contribution in [-0.2, 0) is 13.1 Å².